The summed E-state index contributed by atoms with van der Waals surface area (Å²) in [7, 11) is -2.02. The number of fused-ring (bicyclic) bond motifs is 1. The third-order valence-electron chi connectivity index (χ3n) is 6.01. The molecule has 0 bridgehead atoms. The average Bonchev–Trinajstić information content (AvgIpc) is 3.44. The van der Waals surface area contributed by atoms with E-state index in [2.05, 4.69) is 15.6 Å². The number of methoxy groups -OCH3 is 1. The number of ether oxygens (including phenoxy) is 1. The molecule has 0 radical (unpaired) electrons. The first-order valence-electron chi connectivity index (χ1n) is 10.8. The van der Waals surface area contributed by atoms with E-state index < -0.39 is 10.0 Å². The molecule has 2 aromatic rings. The Morgan fingerprint density at radius 3 is 2.84 bits per heavy atom. The van der Waals surface area contributed by atoms with Gasteiger partial charge in [0, 0.05) is 26.2 Å². The maximum absolute atomic E-state index is 13.4. The van der Waals surface area contributed by atoms with Crippen molar-refractivity contribution < 1.29 is 17.9 Å². The van der Waals surface area contributed by atoms with Crippen molar-refractivity contribution >= 4 is 15.9 Å². The van der Waals surface area contributed by atoms with Gasteiger partial charge in [0.15, 0.2) is 5.69 Å². The van der Waals surface area contributed by atoms with Crippen molar-refractivity contribution in [3.05, 3.63) is 41.2 Å². The Morgan fingerprint density at radius 1 is 1.23 bits per heavy atom. The van der Waals surface area contributed by atoms with Crippen molar-refractivity contribution in [2.45, 2.75) is 56.0 Å². The lowest BCUT2D eigenvalue weighted by Gasteiger charge is -2.25. The molecule has 4 rings (SSSR count). The minimum atomic E-state index is -3.59. The molecule has 168 valence electrons. The highest BCUT2D eigenvalue weighted by molar-refractivity contribution is 7.89. The Morgan fingerprint density at radius 2 is 2.03 bits per heavy atom. The van der Waals surface area contributed by atoms with Gasteiger partial charge in [-0.2, -0.15) is 4.31 Å². The van der Waals surface area contributed by atoms with Gasteiger partial charge in [-0.3, -0.25) is 9.48 Å². The van der Waals surface area contributed by atoms with Crippen LogP contribution in [0, 0.1) is 0 Å². The molecule has 1 fully saturated rings. The number of carbonyl (C=O) groups is 1. The summed E-state index contributed by atoms with van der Waals surface area (Å²) in [5.41, 5.74) is 2.63. The van der Waals surface area contributed by atoms with Gasteiger partial charge >= 0.3 is 0 Å². The van der Waals surface area contributed by atoms with Crippen LogP contribution in [0.4, 0.5) is 0 Å². The number of benzene rings is 1. The topological polar surface area (TPSA) is 106 Å². The van der Waals surface area contributed by atoms with Gasteiger partial charge in [0.05, 0.1) is 24.2 Å². The van der Waals surface area contributed by atoms with Crippen LogP contribution in [-0.2, 0) is 34.1 Å². The van der Waals surface area contributed by atoms with Crippen molar-refractivity contribution in [1.82, 2.24) is 24.6 Å². The number of carbonyl (C=O) groups excluding carboxylic acids is 1. The van der Waals surface area contributed by atoms with Crippen molar-refractivity contribution in [3.8, 4) is 0 Å². The minimum absolute atomic E-state index is 0.207. The molecule has 1 saturated heterocycles. The summed E-state index contributed by atoms with van der Waals surface area (Å²) in [5.74, 6) is -0.326. The number of hydrogen-bond donors (Lipinski definition) is 1. The smallest absolute Gasteiger partial charge is 0.273 e. The molecule has 10 heteroatoms. The lowest BCUT2D eigenvalue weighted by molar-refractivity contribution is 0.0932. The van der Waals surface area contributed by atoms with Crippen molar-refractivity contribution in [1.29, 1.82) is 0 Å². The summed E-state index contributed by atoms with van der Waals surface area (Å²) in [6, 6.07) is 5.36. The monoisotopic (exact) mass is 447 g/mol. The Labute approximate surface area is 182 Å². The molecule has 2 heterocycles. The number of aryl methyl sites for hydroxylation is 2. The van der Waals surface area contributed by atoms with Gasteiger partial charge in [-0.25, -0.2) is 8.42 Å². The Hall–Kier alpha value is -2.30. The number of amides is 1. The number of nitrogens with one attached hydrogen (secondary N) is 1. The number of rotatable bonds is 8. The largest absolute Gasteiger partial charge is 0.383 e. The van der Waals surface area contributed by atoms with Crippen LogP contribution in [0.15, 0.2) is 29.3 Å². The van der Waals surface area contributed by atoms with Crippen LogP contribution in [0.3, 0.4) is 0 Å². The van der Waals surface area contributed by atoms with Crippen LogP contribution >= 0.6 is 0 Å². The fourth-order valence-electron chi connectivity index (χ4n) is 4.38. The van der Waals surface area contributed by atoms with Gasteiger partial charge in [-0.15, -0.1) is 5.10 Å². The van der Waals surface area contributed by atoms with Crippen LogP contribution in [0.25, 0.3) is 0 Å². The van der Waals surface area contributed by atoms with E-state index in [0.717, 1.165) is 44.1 Å². The SMILES string of the molecule is COCCNC(=O)c1cn(CC2CCCN2S(=O)(=O)c2ccc3c(c2)CCCC3)nn1. The second-order valence-corrected chi connectivity index (χ2v) is 10.0. The van der Waals surface area contributed by atoms with E-state index in [1.165, 1.54) is 5.56 Å². The molecule has 1 aliphatic carbocycles. The lowest BCUT2D eigenvalue weighted by Crippen LogP contribution is -2.38. The molecule has 1 aliphatic heterocycles. The zero-order valence-corrected chi connectivity index (χ0v) is 18.6. The molecular formula is C21H29N5O4S. The lowest BCUT2D eigenvalue weighted by atomic mass is 9.92. The first kappa shape index (κ1) is 21.9. The summed E-state index contributed by atoms with van der Waals surface area (Å²) >= 11 is 0. The number of aromatic nitrogens is 3. The highest BCUT2D eigenvalue weighted by atomic mass is 32.2. The van der Waals surface area contributed by atoms with E-state index >= 15 is 0 Å². The van der Waals surface area contributed by atoms with E-state index in [1.807, 2.05) is 12.1 Å². The van der Waals surface area contributed by atoms with Crippen LogP contribution in [0.2, 0.25) is 0 Å². The molecule has 31 heavy (non-hydrogen) atoms. The summed E-state index contributed by atoms with van der Waals surface area (Å²) in [4.78, 5) is 12.5. The second-order valence-electron chi connectivity index (χ2n) is 8.12. The molecular weight excluding hydrogens is 418 g/mol. The van der Waals surface area contributed by atoms with Gasteiger partial charge in [0.25, 0.3) is 5.91 Å². The minimum Gasteiger partial charge on any atom is -0.383 e. The zero-order chi connectivity index (χ0) is 21.8. The maximum atomic E-state index is 13.4. The number of sulfonamides is 1. The molecule has 9 nitrogen and oxygen atoms in total. The normalized spacial score (nSPS) is 19.3. The van der Waals surface area contributed by atoms with Crippen molar-refractivity contribution in [2.24, 2.45) is 0 Å². The third-order valence-corrected chi connectivity index (χ3v) is 7.96. The fourth-order valence-corrected chi connectivity index (χ4v) is 6.11. The van der Waals surface area contributed by atoms with Gasteiger partial charge in [-0.1, -0.05) is 11.3 Å². The van der Waals surface area contributed by atoms with E-state index in [0.29, 0.717) is 31.1 Å². The first-order chi connectivity index (χ1) is 15.0. The molecule has 1 atom stereocenters. The van der Waals surface area contributed by atoms with E-state index in [4.69, 9.17) is 4.74 Å². The average molecular weight is 448 g/mol. The van der Waals surface area contributed by atoms with E-state index in [9.17, 15) is 13.2 Å². The standard InChI is InChI=1S/C21H29N5O4S/c1-30-12-10-22-21(27)20-15-25(24-23-20)14-18-7-4-11-26(18)31(28,29)19-9-8-16-5-2-3-6-17(16)13-19/h8-9,13,15,18H,2-7,10-12,14H2,1H3,(H,22,27). The van der Waals surface area contributed by atoms with Gasteiger partial charge in [0.1, 0.15) is 0 Å². The second kappa shape index (κ2) is 9.46. The number of nitrogens with zero attached hydrogens (tertiary/aromatic N) is 4. The quantitative estimate of drug-likeness (QED) is 0.613. The van der Waals surface area contributed by atoms with Crippen molar-refractivity contribution in [2.75, 3.05) is 26.8 Å². The van der Waals surface area contributed by atoms with Crippen molar-refractivity contribution in [3.63, 3.8) is 0 Å². The molecule has 1 N–H and O–H groups in total. The van der Waals surface area contributed by atoms with Gasteiger partial charge in [0.2, 0.25) is 10.0 Å². The first-order valence-corrected chi connectivity index (χ1v) is 12.2. The van der Waals surface area contributed by atoms with Gasteiger partial charge < -0.3 is 10.1 Å². The maximum Gasteiger partial charge on any atom is 0.273 e. The highest BCUT2D eigenvalue weighted by Crippen LogP contribution is 2.30. The molecule has 0 spiro atoms. The zero-order valence-electron chi connectivity index (χ0n) is 17.8. The predicted octanol–water partition coefficient (Wildman–Crippen LogP) is 1.39. The molecule has 1 aromatic carbocycles. The van der Waals surface area contributed by atoms with Crippen LogP contribution < -0.4 is 5.32 Å². The predicted molar refractivity (Wildman–Crippen MR) is 114 cm³/mol. The van der Waals surface area contributed by atoms with Crippen LogP contribution in [0.1, 0.15) is 47.3 Å². The summed E-state index contributed by atoms with van der Waals surface area (Å²) in [6.45, 7) is 1.65. The Bertz CT molecular complexity index is 1040. The van der Waals surface area contributed by atoms with Crippen LogP contribution in [0.5, 0.6) is 0 Å². The summed E-state index contributed by atoms with van der Waals surface area (Å²) in [6.07, 6.45) is 7.34. The number of hydrogen-bond acceptors (Lipinski definition) is 6. The van der Waals surface area contributed by atoms with Crippen LogP contribution in [-0.4, -0.2) is 66.5 Å². The molecule has 2 aliphatic rings. The Kier molecular flexibility index (Phi) is 6.68. The summed E-state index contributed by atoms with van der Waals surface area (Å²) in [5, 5.41) is 10.7. The third kappa shape index (κ3) is 4.81. The molecule has 1 amide bonds. The Balaban J connectivity index is 1.46. The molecule has 1 unspecified atom stereocenters. The fraction of sp³-hybridized carbons (Fsp3) is 0.571. The molecule has 0 saturated carbocycles. The van der Waals surface area contributed by atoms with E-state index in [-0.39, 0.29) is 17.6 Å². The summed E-state index contributed by atoms with van der Waals surface area (Å²) < 4.78 is 34.8. The van der Waals surface area contributed by atoms with E-state index in [1.54, 1.807) is 28.4 Å². The molecule has 1 aromatic heterocycles. The highest BCUT2D eigenvalue weighted by Gasteiger charge is 2.36. The van der Waals surface area contributed by atoms with Gasteiger partial charge in [-0.05, 0) is 61.8 Å².